The van der Waals surface area contributed by atoms with Crippen molar-refractivity contribution >= 4 is 21.8 Å². The van der Waals surface area contributed by atoms with Gasteiger partial charge >= 0.3 is 0 Å². The van der Waals surface area contributed by atoms with Crippen LogP contribution in [0.4, 0.5) is 0 Å². The average Bonchev–Trinajstić information content (AvgIpc) is 2.38. The lowest BCUT2D eigenvalue weighted by atomic mass is 10.1. The first-order valence-corrected chi connectivity index (χ1v) is 7.11. The molecule has 1 atom stereocenters. The molecule has 3 nitrogen and oxygen atoms in total. The SMILES string of the molecule is CCCC(Br)CNC(=O)Cc1ccc(OC)cc1. The van der Waals surface area contributed by atoms with Gasteiger partial charge in [0, 0.05) is 11.4 Å². The first-order chi connectivity index (χ1) is 8.65. The van der Waals surface area contributed by atoms with Crippen molar-refractivity contribution in [3.05, 3.63) is 29.8 Å². The molecule has 0 aromatic heterocycles. The Morgan fingerprint density at radius 2 is 2.06 bits per heavy atom. The van der Waals surface area contributed by atoms with Crippen LogP contribution in [0.5, 0.6) is 5.75 Å². The van der Waals surface area contributed by atoms with Crippen LogP contribution in [-0.4, -0.2) is 24.4 Å². The van der Waals surface area contributed by atoms with E-state index in [-0.39, 0.29) is 5.91 Å². The van der Waals surface area contributed by atoms with Gasteiger partial charge in [0.1, 0.15) is 5.75 Å². The number of alkyl halides is 1. The van der Waals surface area contributed by atoms with E-state index in [4.69, 9.17) is 4.74 Å². The topological polar surface area (TPSA) is 38.3 Å². The summed E-state index contributed by atoms with van der Waals surface area (Å²) in [5.41, 5.74) is 0.995. The van der Waals surface area contributed by atoms with Gasteiger partial charge in [0.05, 0.1) is 13.5 Å². The van der Waals surface area contributed by atoms with Crippen molar-refractivity contribution in [3.8, 4) is 5.75 Å². The molecule has 0 aliphatic carbocycles. The normalized spacial score (nSPS) is 11.9. The summed E-state index contributed by atoms with van der Waals surface area (Å²) in [6.45, 7) is 2.82. The summed E-state index contributed by atoms with van der Waals surface area (Å²) in [5, 5.41) is 2.93. The Bertz CT molecular complexity index is 365. The number of rotatable bonds is 7. The highest BCUT2D eigenvalue weighted by Gasteiger charge is 2.07. The van der Waals surface area contributed by atoms with Gasteiger partial charge < -0.3 is 10.1 Å². The van der Waals surface area contributed by atoms with Gasteiger partial charge in [-0.15, -0.1) is 0 Å². The molecule has 1 aromatic carbocycles. The second-order valence-corrected chi connectivity index (χ2v) is 5.51. The fourth-order valence-corrected chi connectivity index (χ4v) is 2.25. The number of benzene rings is 1. The van der Waals surface area contributed by atoms with Crippen LogP contribution < -0.4 is 10.1 Å². The van der Waals surface area contributed by atoms with Crippen molar-refractivity contribution in [1.82, 2.24) is 5.32 Å². The minimum atomic E-state index is 0.0562. The van der Waals surface area contributed by atoms with Gasteiger partial charge in [-0.05, 0) is 24.1 Å². The van der Waals surface area contributed by atoms with Crippen molar-refractivity contribution in [2.24, 2.45) is 0 Å². The molecular weight excluding hydrogens is 294 g/mol. The van der Waals surface area contributed by atoms with Crippen molar-refractivity contribution in [1.29, 1.82) is 0 Å². The average molecular weight is 314 g/mol. The van der Waals surface area contributed by atoms with E-state index in [2.05, 4.69) is 28.2 Å². The maximum atomic E-state index is 11.7. The van der Waals surface area contributed by atoms with Gasteiger partial charge in [0.25, 0.3) is 0 Å². The standard InChI is InChI=1S/C14H20BrNO2/c1-3-4-12(15)10-16-14(17)9-11-5-7-13(18-2)8-6-11/h5-8,12H,3-4,9-10H2,1-2H3,(H,16,17). The van der Waals surface area contributed by atoms with Gasteiger partial charge in [-0.25, -0.2) is 0 Å². The molecule has 1 amide bonds. The Balaban J connectivity index is 2.35. The van der Waals surface area contributed by atoms with Gasteiger partial charge in [-0.2, -0.15) is 0 Å². The summed E-state index contributed by atoms with van der Waals surface area (Å²) in [4.78, 5) is 12.1. The molecule has 0 fully saturated rings. The zero-order chi connectivity index (χ0) is 13.4. The third-order valence-corrected chi connectivity index (χ3v) is 3.43. The van der Waals surface area contributed by atoms with Crippen LogP contribution in [0.2, 0.25) is 0 Å². The summed E-state index contributed by atoms with van der Waals surface area (Å²) in [6, 6.07) is 7.56. The van der Waals surface area contributed by atoms with E-state index in [0.717, 1.165) is 24.2 Å². The van der Waals surface area contributed by atoms with Crippen molar-refractivity contribution in [3.63, 3.8) is 0 Å². The van der Waals surface area contributed by atoms with Gasteiger partial charge in [-0.1, -0.05) is 41.4 Å². The third kappa shape index (κ3) is 5.54. The quantitative estimate of drug-likeness (QED) is 0.786. The number of amides is 1. The van der Waals surface area contributed by atoms with Crippen LogP contribution in [0.3, 0.4) is 0 Å². The van der Waals surface area contributed by atoms with Crippen LogP contribution in [0.15, 0.2) is 24.3 Å². The second kappa shape index (κ2) is 8.14. The molecule has 18 heavy (non-hydrogen) atoms. The molecule has 1 rings (SSSR count). The smallest absolute Gasteiger partial charge is 0.224 e. The molecule has 0 bridgehead atoms. The van der Waals surface area contributed by atoms with Gasteiger partial charge in [0.15, 0.2) is 0 Å². The Morgan fingerprint density at radius 1 is 1.39 bits per heavy atom. The number of nitrogens with one attached hydrogen (secondary N) is 1. The van der Waals surface area contributed by atoms with Gasteiger partial charge in [-0.3, -0.25) is 4.79 Å². The van der Waals surface area contributed by atoms with Crippen LogP contribution in [-0.2, 0) is 11.2 Å². The van der Waals surface area contributed by atoms with E-state index in [1.54, 1.807) is 7.11 Å². The van der Waals surface area contributed by atoms with Crippen LogP contribution in [0.25, 0.3) is 0 Å². The number of methoxy groups -OCH3 is 1. The van der Waals surface area contributed by atoms with E-state index in [1.165, 1.54) is 0 Å². The number of carbonyl (C=O) groups excluding carboxylic acids is 1. The van der Waals surface area contributed by atoms with Crippen LogP contribution in [0, 0.1) is 0 Å². The highest BCUT2D eigenvalue weighted by atomic mass is 79.9. The second-order valence-electron chi connectivity index (χ2n) is 4.21. The molecule has 1 aromatic rings. The van der Waals surface area contributed by atoms with E-state index >= 15 is 0 Å². The largest absolute Gasteiger partial charge is 0.497 e. The molecule has 0 spiro atoms. The molecule has 0 saturated carbocycles. The first-order valence-electron chi connectivity index (χ1n) is 6.19. The molecule has 0 heterocycles. The van der Waals surface area contributed by atoms with Crippen LogP contribution in [0.1, 0.15) is 25.3 Å². The number of carbonyl (C=O) groups is 1. The molecule has 0 aliphatic heterocycles. The monoisotopic (exact) mass is 313 g/mol. The maximum absolute atomic E-state index is 11.7. The Labute approximate surface area is 117 Å². The third-order valence-electron chi connectivity index (χ3n) is 2.65. The van der Waals surface area contributed by atoms with Crippen molar-refractivity contribution in [2.75, 3.05) is 13.7 Å². The predicted molar refractivity (Wildman–Crippen MR) is 77.3 cm³/mol. The lowest BCUT2D eigenvalue weighted by Crippen LogP contribution is -2.30. The Kier molecular flexibility index (Phi) is 6.80. The molecule has 0 saturated heterocycles. The van der Waals surface area contributed by atoms with Gasteiger partial charge in [0.2, 0.25) is 5.91 Å². The number of hydrogen-bond donors (Lipinski definition) is 1. The number of ether oxygens (including phenoxy) is 1. The molecular formula is C14H20BrNO2. The predicted octanol–water partition coefficient (Wildman–Crippen LogP) is 2.92. The summed E-state index contributed by atoms with van der Waals surface area (Å²) < 4.78 is 5.07. The number of halogens is 1. The molecule has 100 valence electrons. The van der Waals surface area contributed by atoms with E-state index in [9.17, 15) is 4.79 Å². The zero-order valence-electron chi connectivity index (χ0n) is 10.9. The Hall–Kier alpha value is -1.03. The fraction of sp³-hybridized carbons (Fsp3) is 0.500. The van der Waals surface area contributed by atoms with Crippen molar-refractivity contribution < 1.29 is 9.53 Å². The van der Waals surface area contributed by atoms with E-state index in [0.29, 0.717) is 17.8 Å². The van der Waals surface area contributed by atoms with E-state index in [1.807, 2.05) is 24.3 Å². The minimum absolute atomic E-state index is 0.0562. The molecule has 1 unspecified atom stereocenters. The summed E-state index contributed by atoms with van der Waals surface area (Å²) >= 11 is 3.54. The van der Waals surface area contributed by atoms with Crippen LogP contribution >= 0.6 is 15.9 Å². The molecule has 0 aliphatic rings. The summed E-state index contributed by atoms with van der Waals surface area (Å²) in [7, 11) is 1.63. The Morgan fingerprint density at radius 3 is 2.61 bits per heavy atom. The summed E-state index contributed by atoms with van der Waals surface area (Å²) in [5.74, 6) is 0.864. The zero-order valence-corrected chi connectivity index (χ0v) is 12.5. The highest BCUT2D eigenvalue weighted by Crippen LogP contribution is 2.11. The highest BCUT2D eigenvalue weighted by molar-refractivity contribution is 9.09. The number of hydrogen-bond acceptors (Lipinski definition) is 2. The maximum Gasteiger partial charge on any atom is 0.224 e. The van der Waals surface area contributed by atoms with Crippen molar-refractivity contribution in [2.45, 2.75) is 31.0 Å². The van der Waals surface area contributed by atoms with E-state index < -0.39 is 0 Å². The lowest BCUT2D eigenvalue weighted by molar-refractivity contribution is -0.120. The molecule has 0 radical (unpaired) electrons. The first kappa shape index (κ1) is 15.0. The minimum Gasteiger partial charge on any atom is -0.497 e. The fourth-order valence-electron chi connectivity index (χ4n) is 1.63. The molecule has 4 heteroatoms. The molecule has 1 N–H and O–H groups in total. The summed E-state index contributed by atoms with van der Waals surface area (Å²) in [6.07, 6.45) is 2.60. The lowest BCUT2D eigenvalue weighted by Gasteiger charge is -2.10.